The molecule has 64 valence electrons. The van der Waals surface area contributed by atoms with E-state index in [-0.39, 0.29) is 5.17 Å². The van der Waals surface area contributed by atoms with Gasteiger partial charge in [0.05, 0.1) is 0 Å². The maximum atomic E-state index is 10.8. The SMILES string of the molecule is CN(C)C(=O)OC(=S)N(C)C. The molecule has 0 aliphatic heterocycles. The standard InChI is InChI=1S/C6H12N2O2S/c1-7(2)5(9)10-6(11)8(3)4/h1-4H3. The van der Waals surface area contributed by atoms with Gasteiger partial charge in [-0.25, -0.2) is 4.79 Å². The highest BCUT2D eigenvalue weighted by molar-refractivity contribution is 7.80. The molecule has 11 heavy (non-hydrogen) atoms. The van der Waals surface area contributed by atoms with Crippen molar-refractivity contribution >= 4 is 23.5 Å². The fourth-order valence-electron chi connectivity index (χ4n) is 0.257. The monoisotopic (exact) mass is 176 g/mol. The summed E-state index contributed by atoms with van der Waals surface area (Å²) in [5, 5.41) is 0.170. The highest BCUT2D eigenvalue weighted by atomic mass is 32.1. The minimum atomic E-state index is -0.455. The summed E-state index contributed by atoms with van der Waals surface area (Å²) in [6, 6.07) is 0. The Morgan fingerprint density at radius 3 is 1.91 bits per heavy atom. The Morgan fingerprint density at radius 1 is 1.18 bits per heavy atom. The van der Waals surface area contributed by atoms with Gasteiger partial charge in [0.2, 0.25) is 0 Å². The third kappa shape index (κ3) is 3.77. The van der Waals surface area contributed by atoms with E-state index in [2.05, 4.69) is 0 Å². The smallest absolute Gasteiger partial charge is 0.382 e. The molecule has 0 aromatic rings. The van der Waals surface area contributed by atoms with E-state index in [1.807, 2.05) is 0 Å². The van der Waals surface area contributed by atoms with Crippen LogP contribution in [0.2, 0.25) is 0 Å². The number of ether oxygens (including phenoxy) is 1. The molecule has 0 saturated carbocycles. The number of hydrogen-bond donors (Lipinski definition) is 0. The molecule has 0 spiro atoms. The fourth-order valence-corrected chi connectivity index (χ4v) is 0.329. The Morgan fingerprint density at radius 2 is 1.64 bits per heavy atom. The Hall–Kier alpha value is -0.840. The number of nitrogens with zero attached hydrogens (tertiary/aromatic N) is 2. The molecule has 0 atom stereocenters. The predicted octanol–water partition coefficient (Wildman–Crippen LogP) is 0.531. The van der Waals surface area contributed by atoms with Crippen molar-refractivity contribution in [2.24, 2.45) is 0 Å². The number of amides is 1. The lowest BCUT2D eigenvalue weighted by molar-refractivity contribution is 0.163. The van der Waals surface area contributed by atoms with Gasteiger partial charge in [0.1, 0.15) is 0 Å². The maximum Gasteiger partial charge on any atom is 0.416 e. The molecule has 0 aliphatic carbocycles. The third-order valence-corrected chi connectivity index (χ3v) is 1.35. The number of carbonyl (C=O) groups is 1. The average Bonchev–Trinajstić information content (AvgIpc) is 1.87. The summed E-state index contributed by atoms with van der Waals surface area (Å²) in [4.78, 5) is 13.7. The highest BCUT2D eigenvalue weighted by Crippen LogP contribution is 1.91. The van der Waals surface area contributed by atoms with Crippen LogP contribution in [0.4, 0.5) is 4.79 Å². The van der Waals surface area contributed by atoms with Gasteiger partial charge in [-0.2, -0.15) is 0 Å². The van der Waals surface area contributed by atoms with E-state index < -0.39 is 6.09 Å². The molecular weight excluding hydrogens is 164 g/mol. The van der Waals surface area contributed by atoms with Crippen LogP contribution in [0.15, 0.2) is 0 Å². The molecule has 0 aromatic carbocycles. The van der Waals surface area contributed by atoms with Gasteiger partial charge in [-0.3, -0.25) is 0 Å². The van der Waals surface area contributed by atoms with Crippen LogP contribution in [-0.2, 0) is 4.74 Å². The van der Waals surface area contributed by atoms with E-state index in [0.717, 1.165) is 0 Å². The molecule has 0 fully saturated rings. The lowest BCUT2D eigenvalue weighted by Crippen LogP contribution is -2.31. The van der Waals surface area contributed by atoms with Crippen LogP contribution in [0.25, 0.3) is 0 Å². The van der Waals surface area contributed by atoms with Crippen molar-refractivity contribution in [2.45, 2.75) is 0 Å². The van der Waals surface area contributed by atoms with Crippen LogP contribution >= 0.6 is 12.2 Å². The van der Waals surface area contributed by atoms with E-state index in [9.17, 15) is 4.79 Å². The minimum absolute atomic E-state index is 0.170. The second-order valence-corrected chi connectivity index (χ2v) is 2.77. The number of rotatable bonds is 0. The van der Waals surface area contributed by atoms with E-state index in [4.69, 9.17) is 17.0 Å². The first-order valence-corrected chi connectivity index (χ1v) is 3.46. The first kappa shape index (κ1) is 10.2. The molecule has 0 saturated heterocycles. The van der Waals surface area contributed by atoms with Gasteiger partial charge in [-0.15, -0.1) is 0 Å². The van der Waals surface area contributed by atoms with Crippen LogP contribution in [0.5, 0.6) is 0 Å². The van der Waals surface area contributed by atoms with Gasteiger partial charge >= 0.3 is 6.09 Å². The van der Waals surface area contributed by atoms with E-state index >= 15 is 0 Å². The average molecular weight is 176 g/mol. The summed E-state index contributed by atoms with van der Waals surface area (Å²) in [5.41, 5.74) is 0. The largest absolute Gasteiger partial charge is 0.416 e. The second kappa shape index (κ2) is 4.12. The molecule has 0 heterocycles. The summed E-state index contributed by atoms with van der Waals surface area (Å²) < 4.78 is 4.72. The van der Waals surface area contributed by atoms with Gasteiger partial charge in [-0.1, -0.05) is 0 Å². The van der Waals surface area contributed by atoms with Crippen LogP contribution in [0.3, 0.4) is 0 Å². The second-order valence-electron chi connectivity index (χ2n) is 2.42. The zero-order valence-electron chi connectivity index (χ0n) is 7.12. The van der Waals surface area contributed by atoms with Crippen molar-refractivity contribution in [1.82, 2.24) is 9.80 Å². The Kier molecular flexibility index (Phi) is 3.81. The predicted molar refractivity (Wildman–Crippen MR) is 46.5 cm³/mol. The molecule has 0 bridgehead atoms. The Labute approximate surface area is 71.7 Å². The van der Waals surface area contributed by atoms with Crippen LogP contribution in [0, 0.1) is 0 Å². The Bertz CT molecular complexity index is 150. The zero-order valence-corrected chi connectivity index (χ0v) is 7.94. The quantitative estimate of drug-likeness (QED) is 0.504. The zero-order chi connectivity index (χ0) is 9.02. The molecule has 5 heteroatoms. The van der Waals surface area contributed by atoms with Crippen LogP contribution in [-0.4, -0.2) is 49.3 Å². The van der Waals surface area contributed by atoms with Gasteiger partial charge in [0.15, 0.2) is 0 Å². The highest BCUT2D eigenvalue weighted by Gasteiger charge is 2.09. The molecule has 0 N–H and O–H groups in total. The maximum absolute atomic E-state index is 10.8. The molecule has 0 aromatic heterocycles. The van der Waals surface area contributed by atoms with Gasteiger partial charge in [-0.05, 0) is 12.2 Å². The van der Waals surface area contributed by atoms with Gasteiger partial charge < -0.3 is 14.5 Å². The van der Waals surface area contributed by atoms with Crippen molar-refractivity contribution in [3.05, 3.63) is 0 Å². The molecule has 1 amide bonds. The number of thiocarbonyl (C=S) groups is 1. The summed E-state index contributed by atoms with van der Waals surface area (Å²) >= 11 is 4.73. The lowest BCUT2D eigenvalue weighted by atomic mass is 10.9. The van der Waals surface area contributed by atoms with Crippen LogP contribution in [0.1, 0.15) is 0 Å². The topological polar surface area (TPSA) is 32.8 Å². The van der Waals surface area contributed by atoms with Gasteiger partial charge in [0.25, 0.3) is 5.17 Å². The van der Waals surface area contributed by atoms with Crippen molar-refractivity contribution in [3.8, 4) is 0 Å². The summed E-state index contributed by atoms with van der Waals surface area (Å²) in [6.07, 6.45) is -0.455. The molecule has 0 rings (SSSR count). The first-order chi connectivity index (χ1) is 4.95. The van der Waals surface area contributed by atoms with Crippen molar-refractivity contribution in [2.75, 3.05) is 28.2 Å². The normalized spacial score (nSPS) is 8.73. The molecular formula is C6H12N2O2S. The van der Waals surface area contributed by atoms with Crippen LogP contribution < -0.4 is 0 Å². The fraction of sp³-hybridized carbons (Fsp3) is 0.667. The van der Waals surface area contributed by atoms with Gasteiger partial charge in [0, 0.05) is 28.2 Å². The number of hydrogen-bond acceptors (Lipinski definition) is 3. The Balaban J connectivity index is 3.86. The molecule has 0 radical (unpaired) electrons. The number of carbonyl (C=O) groups excluding carboxylic acids is 1. The molecule has 0 aliphatic rings. The summed E-state index contributed by atoms with van der Waals surface area (Å²) in [7, 11) is 6.62. The summed E-state index contributed by atoms with van der Waals surface area (Å²) in [6.45, 7) is 0. The molecule has 0 unspecified atom stereocenters. The third-order valence-electron chi connectivity index (χ3n) is 0.905. The van der Waals surface area contributed by atoms with E-state index in [1.165, 1.54) is 4.90 Å². The molecule has 4 nitrogen and oxygen atoms in total. The van der Waals surface area contributed by atoms with E-state index in [0.29, 0.717) is 0 Å². The van der Waals surface area contributed by atoms with Crippen molar-refractivity contribution in [3.63, 3.8) is 0 Å². The van der Waals surface area contributed by atoms with E-state index in [1.54, 1.807) is 33.1 Å². The lowest BCUT2D eigenvalue weighted by Gasteiger charge is -2.15. The van der Waals surface area contributed by atoms with Crippen molar-refractivity contribution < 1.29 is 9.53 Å². The van der Waals surface area contributed by atoms with Crippen molar-refractivity contribution in [1.29, 1.82) is 0 Å². The minimum Gasteiger partial charge on any atom is -0.382 e. The first-order valence-electron chi connectivity index (χ1n) is 3.05. The summed E-state index contributed by atoms with van der Waals surface area (Å²) in [5.74, 6) is 0.